The zero-order valence-corrected chi connectivity index (χ0v) is 37.1. The van der Waals surface area contributed by atoms with Crippen molar-refractivity contribution in [2.45, 2.75) is 94.9 Å². The topological polar surface area (TPSA) is 95.8 Å². The zero-order valence-electron chi connectivity index (χ0n) is 32.1. The summed E-state index contributed by atoms with van der Waals surface area (Å²) < 4.78 is 123. The second kappa shape index (κ2) is 21.9. The SMILES string of the molecule is C=C[Si](C)(O[Si](CCC(F)(F)F)(CCC(F)(F)F)O[Si](C)(C)CCCOCCO)O[Si](O[Si](C)(C)CCCOCCO)(c1ccccc1)c1ccccc1. The molecule has 2 rings (SSSR count). The third-order valence-electron chi connectivity index (χ3n) is 8.48. The maximum atomic E-state index is 14.0. The Balaban J connectivity index is 2.76. The predicted molar refractivity (Wildman–Crippen MR) is 210 cm³/mol. The molecule has 1 unspecified atom stereocenters. The van der Waals surface area contributed by atoms with Gasteiger partial charge in [0, 0.05) is 26.1 Å². The summed E-state index contributed by atoms with van der Waals surface area (Å²) >= 11 is 0. The maximum Gasteiger partial charge on any atom is 0.389 e. The van der Waals surface area contributed by atoms with E-state index in [4.69, 9.17) is 36.1 Å². The van der Waals surface area contributed by atoms with Gasteiger partial charge in [0.1, 0.15) is 0 Å². The highest BCUT2D eigenvalue weighted by atomic mass is 28.5. The number of halogens is 6. The third-order valence-corrected chi connectivity index (χ3v) is 29.5. The number of alkyl halides is 6. The molecule has 1 atom stereocenters. The van der Waals surface area contributed by atoms with Crippen LogP contribution in [0.15, 0.2) is 72.9 Å². The fourth-order valence-corrected chi connectivity index (χ4v) is 30.2. The molecule has 2 N–H and O–H groups in total. The molecule has 54 heavy (non-hydrogen) atoms. The first-order chi connectivity index (χ1) is 25.1. The molecule has 8 nitrogen and oxygen atoms in total. The van der Waals surface area contributed by atoms with Crippen molar-refractivity contribution in [1.29, 1.82) is 0 Å². The number of benzene rings is 2. The van der Waals surface area contributed by atoms with Crippen LogP contribution >= 0.6 is 0 Å². The highest BCUT2D eigenvalue weighted by Crippen LogP contribution is 2.39. The Labute approximate surface area is 321 Å². The molecule has 308 valence electrons. The number of aliphatic hydroxyl groups is 2. The van der Waals surface area contributed by atoms with E-state index in [2.05, 4.69) is 6.58 Å². The van der Waals surface area contributed by atoms with Gasteiger partial charge in [0.25, 0.3) is 0 Å². The Hall–Kier alpha value is -1.48. The van der Waals surface area contributed by atoms with E-state index >= 15 is 0 Å². The van der Waals surface area contributed by atoms with Gasteiger partial charge in [-0.2, -0.15) is 26.3 Å². The van der Waals surface area contributed by atoms with Crippen LogP contribution in [0.5, 0.6) is 0 Å². The summed E-state index contributed by atoms with van der Waals surface area (Å²) in [6.45, 7) is 13.8. The molecule has 0 spiro atoms. The van der Waals surface area contributed by atoms with Crippen LogP contribution in [0.4, 0.5) is 26.3 Å². The molecule has 2 aromatic rings. The van der Waals surface area contributed by atoms with Crippen LogP contribution in [0.2, 0.25) is 56.9 Å². The molecule has 2 aromatic carbocycles. The van der Waals surface area contributed by atoms with Crippen LogP contribution in [0.1, 0.15) is 25.7 Å². The van der Waals surface area contributed by atoms with Crippen LogP contribution in [-0.4, -0.2) is 105 Å². The average molecular weight is 861 g/mol. The number of hydrogen-bond donors (Lipinski definition) is 2. The molecule has 0 radical (unpaired) electrons. The van der Waals surface area contributed by atoms with Crippen molar-refractivity contribution in [3.05, 3.63) is 72.9 Å². The Morgan fingerprint density at radius 1 is 0.574 bits per heavy atom. The van der Waals surface area contributed by atoms with Gasteiger partial charge >= 0.3 is 38.0 Å². The van der Waals surface area contributed by atoms with Crippen LogP contribution in [-0.2, 0) is 25.9 Å². The first-order valence-electron chi connectivity index (χ1n) is 18.2. The highest BCUT2D eigenvalue weighted by Gasteiger charge is 2.56. The van der Waals surface area contributed by atoms with Crippen molar-refractivity contribution < 1.29 is 62.5 Å². The molecule has 0 saturated carbocycles. The normalized spacial score (nSPS) is 14.6. The first-order valence-corrected chi connectivity index (χ1v) is 30.9. The largest absolute Gasteiger partial charge is 0.436 e. The second-order valence-corrected chi connectivity index (χ2v) is 33.5. The number of aliphatic hydroxyl groups excluding tert-OH is 2. The molecule has 19 heteroatoms. The zero-order chi connectivity index (χ0) is 40.6. The molecule has 0 amide bonds. The first kappa shape index (κ1) is 48.7. The lowest BCUT2D eigenvalue weighted by Crippen LogP contribution is -2.72. The van der Waals surface area contributed by atoms with E-state index in [9.17, 15) is 26.3 Å². The van der Waals surface area contributed by atoms with Gasteiger partial charge in [-0.15, -0.1) is 6.58 Å². The van der Waals surface area contributed by atoms with Gasteiger partial charge in [-0.05, 0) is 80.1 Å². The lowest BCUT2D eigenvalue weighted by molar-refractivity contribution is -0.133. The molecule has 0 aliphatic heterocycles. The molecule has 0 heterocycles. The van der Waals surface area contributed by atoms with Crippen LogP contribution in [0.25, 0.3) is 0 Å². The summed E-state index contributed by atoms with van der Waals surface area (Å²) in [5, 5.41) is 19.5. The van der Waals surface area contributed by atoms with Gasteiger partial charge in [-0.1, -0.05) is 66.4 Å². The minimum atomic E-state index is -4.69. The number of rotatable bonds is 27. The van der Waals surface area contributed by atoms with Crippen LogP contribution < -0.4 is 10.4 Å². The van der Waals surface area contributed by atoms with E-state index in [0.717, 1.165) is 0 Å². The summed E-state index contributed by atoms with van der Waals surface area (Å²) in [5.41, 5.74) is 1.41. The molecule has 0 fully saturated rings. The lowest BCUT2D eigenvalue weighted by Gasteiger charge is -2.47. The summed E-state index contributed by atoms with van der Waals surface area (Å²) in [5.74, 6) is 0. The van der Waals surface area contributed by atoms with E-state index in [-0.39, 0.29) is 33.0 Å². The van der Waals surface area contributed by atoms with Crippen molar-refractivity contribution >= 4 is 52.7 Å². The molecular weight excluding hydrogens is 803 g/mol. The number of ether oxygens (including phenoxy) is 2. The van der Waals surface area contributed by atoms with Crippen molar-refractivity contribution in [1.82, 2.24) is 0 Å². The maximum absolute atomic E-state index is 14.0. The van der Waals surface area contributed by atoms with E-state index in [1.807, 2.05) is 73.8 Å². The minimum Gasteiger partial charge on any atom is -0.436 e. The smallest absolute Gasteiger partial charge is 0.389 e. The minimum absolute atomic E-state index is 0.104. The Bertz CT molecular complexity index is 1300. The fraction of sp³-hybridized carbons (Fsp3) is 0.600. The summed E-state index contributed by atoms with van der Waals surface area (Å²) in [6.07, 6.45) is -11.1. The summed E-state index contributed by atoms with van der Waals surface area (Å²) in [7, 11) is -18.0. The molecule has 0 aliphatic carbocycles. The Morgan fingerprint density at radius 2 is 0.981 bits per heavy atom. The third kappa shape index (κ3) is 17.8. The fourth-order valence-electron chi connectivity index (χ4n) is 6.04. The molecular formula is C35H58F6O8Si5. The van der Waals surface area contributed by atoms with Crippen molar-refractivity contribution in [3.8, 4) is 0 Å². The second-order valence-electron chi connectivity index (χ2n) is 14.5. The summed E-state index contributed by atoms with van der Waals surface area (Å²) in [4.78, 5) is 0. The van der Waals surface area contributed by atoms with Crippen molar-refractivity contribution in [2.24, 2.45) is 0 Å². The van der Waals surface area contributed by atoms with E-state index in [1.54, 1.807) is 19.6 Å². The van der Waals surface area contributed by atoms with Gasteiger partial charge in [-0.25, -0.2) is 0 Å². The highest BCUT2D eigenvalue weighted by molar-refractivity contribution is 7.03. The van der Waals surface area contributed by atoms with Gasteiger partial charge in [0.2, 0.25) is 0 Å². The van der Waals surface area contributed by atoms with E-state index < -0.39 is 79.6 Å². The number of hydrogen-bond acceptors (Lipinski definition) is 8. The Morgan fingerprint density at radius 3 is 1.35 bits per heavy atom. The lowest BCUT2D eigenvalue weighted by atomic mass is 10.4. The standard InChI is InChI=1S/C35H58F6O8Si5/c1-7-52(6,48-53(30-20-34(36,37)38,31-21-35(39,40)41)46-50(2,3)28-14-24-44-26-22-42)49-54(32-16-10-8-11-17-32,33-18-12-9-13-19-33)47-51(4,5)29-15-25-45-27-23-43/h7-13,16-19,42-43H,1,14-15,20-31H2,2-6H3. The van der Waals surface area contributed by atoms with E-state index in [0.29, 0.717) is 41.9 Å². The van der Waals surface area contributed by atoms with Gasteiger partial charge < -0.3 is 36.1 Å². The van der Waals surface area contributed by atoms with Gasteiger partial charge in [0.15, 0.2) is 16.6 Å². The predicted octanol–water partition coefficient (Wildman–Crippen LogP) is 7.66. The van der Waals surface area contributed by atoms with E-state index in [1.165, 1.54) is 5.70 Å². The van der Waals surface area contributed by atoms with Crippen LogP contribution in [0, 0.1) is 0 Å². The average Bonchev–Trinajstić information content (AvgIpc) is 3.09. The van der Waals surface area contributed by atoms with Gasteiger partial charge in [-0.3, -0.25) is 0 Å². The van der Waals surface area contributed by atoms with Crippen molar-refractivity contribution in [3.63, 3.8) is 0 Å². The summed E-state index contributed by atoms with van der Waals surface area (Å²) in [6, 6.07) is 17.9. The van der Waals surface area contributed by atoms with Crippen LogP contribution in [0.3, 0.4) is 0 Å². The Kier molecular flexibility index (Phi) is 19.7. The van der Waals surface area contributed by atoms with Crippen molar-refractivity contribution in [2.75, 3.05) is 39.6 Å². The molecule has 0 bridgehead atoms. The quantitative estimate of drug-likeness (QED) is 0.0538. The molecule has 0 aliphatic rings. The van der Waals surface area contributed by atoms with Gasteiger partial charge in [0.05, 0.1) is 26.4 Å². The molecule has 0 saturated heterocycles. The monoisotopic (exact) mass is 860 g/mol. The molecule has 0 aromatic heterocycles.